The average molecular weight is 224 g/mol. The van der Waals surface area contributed by atoms with Crippen LogP contribution in [0.25, 0.3) is 0 Å². The largest absolute Gasteiger partial charge is 0.379 e. The Labute approximate surface area is 96.2 Å². The van der Waals surface area contributed by atoms with E-state index in [9.17, 15) is 0 Å². The number of ether oxygens (including phenoxy) is 1. The summed E-state index contributed by atoms with van der Waals surface area (Å²) in [6, 6.07) is 0.475. The molecule has 0 spiro atoms. The van der Waals surface area contributed by atoms with Gasteiger partial charge in [0.25, 0.3) is 0 Å². The minimum Gasteiger partial charge on any atom is -0.379 e. The number of rotatable bonds is 5. The second kappa shape index (κ2) is 5.98. The molecular formula is C11H20N4O. The fourth-order valence-corrected chi connectivity index (χ4v) is 1.90. The molecule has 0 saturated carbocycles. The van der Waals surface area contributed by atoms with Crippen molar-refractivity contribution in [2.75, 3.05) is 32.8 Å². The van der Waals surface area contributed by atoms with E-state index in [1.165, 1.54) is 0 Å². The van der Waals surface area contributed by atoms with Gasteiger partial charge in [-0.2, -0.15) is 0 Å². The number of aromatic amines is 1. The van der Waals surface area contributed by atoms with E-state index in [-0.39, 0.29) is 0 Å². The Morgan fingerprint density at radius 1 is 1.56 bits per heavy atom. The summed E-state index contributed by atoms with van der Waals surface area (Å²) < 4.78 is 5.32. The highest BCUT2D eigenvalue weighted by atomic mass is 16.5. The molecule has 1 aromatic rings. The molecule has 90 valence electrons. The molecule has 1 saturated heterocycles. The first-order chi connectivity index (χ1) is 7.84. The van der Waals surface area contributed by atoms with Gasteiger partial charge in [-0.05, 0) is 6.92 Å². The molecule has 0 radical (unpaired) electrons. The molecule has 1 aliphatic heterocycles. The Kier molecular flexibility index (Phi) is 4.33. The van der Waals surface area contributed by atoms with Crippen molar-refractivity contribution in [3.63, 3.8) is 0 Å². The predicted molar refractivity (Wildman–Crippen MR) is 62.1 cm³/mol. The summed E-state index contributed by atoms with van der Waals surface area (Å²) in [7, 11) is 0. The maximum Gasteiger partial charge on any atom is 0.120 e. The van der Waals surface area contributed by atoms with Gasteiger partial charge in [0.2, 0.25) is 0 Å². The standard InChI is InChI=1S/C11H20N4O/c1-10(9-15-4-6-16-7-5-15)14-8-11-12-2-3-13-11/h2-3,10,14H,4-9H2,1H3,(H,12,13). The van der Waals surface area contributed by atoms with Gasteiger partial charge < -0.3 is 15.0 Å². The van der Waals surface area contributed by atoms with E-state index in [4.69, 9.17) is 4.74 Å². The van der Waals surface area contributed by atoms with Gasteiger partial charge in [-0.25, -0.2) is 4.98 Å². The van der Waals surface area contributed by atoms with Crippen LogP contribution in [-0.4, -0.2) is 53.8 Å². The maximum atomic E-state index is 5.32. The van der Waals surface area contributed by atoms with E-state index in [1.54, 1.807) is 6.20 Å². The molecule has 1 atom stereocenters. The first-order valence-corrected chi connectivity index (χ1v) is 5.86. The Bertz CT molecular complexity index is 282. The predicted octanol–water partition coefficient (Wildman–Crippen LogP) is 0.220. The number of morpholine rings is 1. The van der Waals surface area contributed by atoms with E-state index in [0.29, 0.717) is 6.04 Å². The number of aromatic nitrogens is 2. The third-order valence-electron chi connectivity index (χ3n) is 2.81. The summed E-state index contributed by atoms with van der Waals surface area (Å²) in [6.45, 7) is 7.91. The average Bonchev–Trinajstić information content (AvgIpc) is 2.81. The lowest BCUT2D eigenvalue weighted by molar-refractivity contribution is 0.0343. The topological polar surface area (TPSA) is 53.2 Å². The second-order valence-electron chi connectivity index (χ2n) is 4.23. The SMILES string of the molecule is CC(CN1CCOCC1)NCc1ncc[nH]1. The molecule has 2 rings (SSSR count). The van der Waals surface area contributed by atoms with Gasteiger partial charge in [-0.3, -0.25) is 4.90 Å². The highest BCUT2D eigenvalue weighted by molar-refractivity contribution is 4.86. The van der Waals surface area contributed by atoms with E-state index in [2.05, 4.69) is 27.1 Å². The highest BCUT2D eigenvalue weighted by Gasteiger charge is 2.13. The molecule has 1 aliphatic rings. The fraction of sp³-hybridized carbons (Fsp3) is 0.727. The smallest absolute Gasteiger partial charge is 0.120 e. The first-order valence-electron chi connectivity index (χ1n) is 5.86. The lowest BCUT2D eigenvalue weighted by atomic mass is 10.3. The monoisotopic (exact) mass is 224 g/mol. The molecule has 16 heavy (non-hydrogen) atoms. The summed E-state index contributed by atoms with van der Waals surface area (Å²) in [5.74, 6) is 0.994. The zero-order valence-corrected chi connectivity index (χ0v) is 9.78. The Morgan fingerprint density at radius 2 is 2.38 bits per heavy atom. The number of nitrogens with zero attached hydrogens (tertiary/aromatic N) is 2. The van der Waals surface area contributed by atoms with Crippen molar-refractivity contribution in [1.29, 1.82) is 0 Å². The van der Waals surface area contributed by atoms with Crippen LogP contribution in [-0.2, 0) is 11.3 Å². The van der Waals surface area contributed by atoms with Crippen LogP contribution < -0.4 is 5.32 Å². The van der Waals surface area contributed by atoms with Crippen LogP contribution in [0.4, 0.5) is 0 Å². The zero-order valence-electron chi connectivity index (χ0n) is 9.78. The van der Waals surface area contributed by atoms with E-state index < -0.39 is 0 Å². The minimum atomic E-state index is 0.475. The lowest BCUT2D eigenvalue weighted by Crippen LogP contribution is -2.44. The van der Waals surface area contributed by atoms with Gasteiger partial charge in [0.15, 0.2) is 0 Å². The normalized spacial score (nSPS) is 19.8. The molecule has 0 bridgehead atoms. The second-order valence-corrected chi connectivity index (χ2v) is 4.23. The molecule has 1 unspecified atom stereocenters. The molecule has 5 nitrogen and oxygen atoms in total. The molecule has 2 N–H and O–H groups in total. The fourth-order valence-electron chi connectivity index (χ4n) is 1.90. The van der Waals surface area contributed by atoms with Crippen LogP contribution in [0.2, 0.25) is 0 Å². The summed E-state index contributed by atoms with van der Waals surface area (Å²) in [5, 5.41) is 3.46. The van der Waals surface area contributed by atoms with E-state index in [0.717, 1.165) is 45.2 Å². The van der Waals surface area contributed by atoms with Crippen molar-refractivity contribution in [2.45, 2.75) is 19.5 Å². The number of nitrogens with one attached hydrogen (secondary N) is 2. The summed E-state index contributed by atoms with van der Waals surface area (Å²) in [4.78, 5) is 9.71. The van der Waals surface area contributed by atoms with Crippen molar-refractivity contribution in [3.05, 3.63) is 18.2 Å². The van der Waals surface area contributed by atoms with Crippen molar-refractivity contribution < 1.29 is 4.74 Å². The molecule has 1 fully saturated rings. The van der Waals surface area contributed by atoms with Gasteiger partial charge >= 0.3 is 0 Å². The summed E-state index contributed by atoms with van der Waals surface area (Å²) >= 11 is 0. The van der Waals surface area contributed by atoms with Gasteiger partial charge in [-0.1, -0.05) is 0 Å². The Morgan fingerprint density at radius 3 is 3.06 bits per heavy atom. The van der Waals surface area contributed by atoms with Crippen LogP contribution in [0, 0.1) is 0 Å². The number of H-pyrrole nitrogens is 1. The number of hydrogen-bond donors (Lipinski definition) is 2. The van der Waals surface area contributed by atoms with Gasteiger partial charge in [-0.15, -0.1) is 0 Å². The molecule has 5 heteroatoms. The molecular weight excluding hydrogens is 204 g/mol. The van der Waals surface area contributed by atoms with Crippen molar-refractivity contribution >= 4 is 0 Å². The molecule has 0 aromatic carbocycles. The van der Waals surface area contributed by atoms with Gasteiger partial charge in [0.1, 0.15) is 5.82 Å². The minimum absolute atomic E-state index is 0.475. The third kappa shape index (κ3) is 3.59. The van der Waals surface area contributed by atoms with Gasteiger partial charge in [0, 0.05) is 38.1 Å². The van der Waals surface area contributed by atoms with Crippen LogP contribution in [0.1, 0.15) is 12.7 Å². The zero-order chi connectivity index (χ0) is 11.2. The Hall–Kier alpha value is -0.910. The molecule has 0 aliphatic carbocycles. The van der Waals surface area contributed by atoms with E-state index in [1.807, 2.05) is 6.20 Å². The summed E-state index contributed by atoms with van der Waals surface area (Å²) in [5.41, 5.74) is 0. The van der Waals surface area contributed by atoms with Crippen molar-refractivity contribution in [1.82, 2.24) is 20.2 Å². The molecule has 1 aromatic heterocycles. The third-order valence-corrected chi connectivity index (χ3v) is 2.81. The maximum absolute atomic E-state index is 5.32. The van der Waals surface area contributed by atoms with Crippen molar-refractivity contribution in [2.24, 2.45) is 0 Å². The quantitative estimate of drug-likeness (QED) is 0.751. The van der Waals surface area contributed by atoms with Crippen LogP contribution in [0.3, 0.4) is 0 Å². The van der Waals surface area contributed by atoms with Crippen LogP contribution >= 0.6 is 0 Å². The highest BCUT2D eigenvalue weighted by Crippen LogP contribution is 1.99. The molecule has 0 amide bonds. The number of imidazole rings is 1. The Balaban J connectivity index is 1.65. The lowest BCUT2D eigenvalue weighted by Gasteiger charge is -2.29. The number of hydrogen-bond acceptors (Lipinski definition) is 4. The van der Waals surface area contributed by atoms with E-state index >= 15 is 0 Å². The van der Waals surface area contributed by atoms with Crippen LogP contribution in [0.5, 0.6) is 0 Å². The van der Waals surface area contributed by atoms with Crippen LogP contribution in [0.15, 0.2) is 12.4 Å². The molecule has 2 heterocycles. The van der Waals surface area contributed by atoms with Crippen molar-refractivity contribution in [3.8, 4) is 0 Å². The van der Waals surface area contributed by atoms with Gasteiger partial charge in [0.05, 0.1) is 19.8 Å². The summed E-state index contributed by atoms with van der Waals surface area (Å²) in [6.07, 6.45) is 3.63. The first kappa shape index (κ1) is 11.6.